The topological polar surface area (TPSA) is 117 Å². The van der Waals surface area contributed by atoms with Gasteiger partial charge in [-0.05, 0) is 65.6 Å². The first kappa shape index (κ1) is 25.1. The van der Waals surface area contributed by atoms with E-state index in [1.54, 1.807) is 19.1 Å². The zero-order valence-electron chi connectivity index (χ0n) is 22.0. The third-order valence-electron chi connectivity index (χ3n) is 6.33. The summed E-state index contributed by atoms with van der Waals surface area (Å²) in [4.78, 5) is 17.2. The van der Waals surface area contributed by atoms with Crippen LogP contribution in [0, 0.1) is 6.92 Å². The molecule has 5 aromatic rings. The Kier molecular flexibility index (Phi) is 7.14. The number of aryl methyl sites for hydroxylation is 2. The minimum atomic E-state index is -0.299. The van der Waals surface area contributed by atoms with E-state index in [1.165, 1.54) is 0 Å². The van der Waals surface area contributed by atoms with Crippen molar-refractivity contribution in [2.75, 3.05) is 19.4 Å². The maximum atomic E-state index is 12.3. The molecule has 10 heteroatoms. The Morgan fingerprint density at radius 3 is 2.55 bits per heavy atom. The van der Waals surface area contributed by atoms with E-state index in [-0.39, 0.29) is 6.03 Å². The minimum absolute atomic E-state index is 0.299. The van der Waals surface area contributed by atoms with Gasteiger partial charge < -0.3 is 5.32 Å². The third kappa shape index (κ3) is 5.12. The number of hydrazine groups is 1. The summed E-state index contributed by atoms with van der Waals surface area (Å²) in [5.74, 6) is 1.56. The fraction of sp³-hybridized carbons (Fsp3) is 0.250. The molecule has 0 fully saturated rings. The first-order chi connectivity index (χ1) is 18.4. The largest absolute Gasteiger partial charge is 0.333 e. The van der Waals surface area contributed by atoms with Crippen molar-refractivity contribution < 1.29 is 4.79 Å². The highest BCUT2D eigenvalue weighted by molar-refractivity contribution is 5.92. The lowest BCUT2D eigenvalue weighted by Gasteiger charge is -2.15. The second-order valence-corrected chi connectivity index (χ2v) is 9.41. The summed E-state index contributed by atoms with van der Waals surface area (Å²) < 4.78 is 2.20. The third-order valence-corrected chi connectivity index (χ3v) is 6.33. The van der Waals surface area contributed by atoms with E-state index >= 15 is 0 Å². The molecule has 0 bridgehead atoms. The van der Waals surface area contributed by atoms with Crippen LogP contribution in [0.1, 0.15) is 31.2 Å². The molecule has 5 rings (SSSR count). The number of anilines is 1. The van der Waals surface area contributed by atoms with Gasteiger partial charge in [-0.15, -0.1) is 10.2 Å². The van der Waals surface area contributed by atoms with Crippen LogP contribution in [0.15, 0.2) is 60.7 Å². The number of H-pyrrole nitrogens is 1. The van der Waals surface area contributed by atoms with Crippen LogP contribution < -0.4 is 10.7 Å². The van der Waals surface area contributed by atoms with Crippen molar-refractivity contribution in [1.82, 2.24) is 40.6 Å². The number of hydrogen-bond acceptors (Lipinski definition) is 6. The molecule has 0 aliphatic rings. The molecule has 0 saturated carbocycles. The Hall–Kier alpha value is -4.57. The highest BCUT2D eigenvalue weighted by atomic mass is 16.2. The van der Waals surface area contributed by atoms with Crippen molar-refractivity contribution in [2.45, 2.75) is 33.1 Å². The van der Waals surface area contributed by atoms with Crippen LogP contribution in [0.4, 0.5) is 10.5 Å². The Labute approximate surface area is 221 Å². The molecule has 3 N–H and O–H groups in total. The zero-order chi connectivity index (χ0) is 26.6. The standard InChI is InChI=1S/C28H31N9O/c1-5-6-11-26-30-24-15-12-19(29-28(38)33-36(3)4)17-25(24)37(26)20-13-14-21(18(2)16-20)22-9-7-8-10-23(22)27-31-34-35-32-27/h7-10,12-17H,5-6,11H2,1-4H3,(H2,29,33,38)(H,31,32,34,35). The molecule has 0 spiro atoms. The molecule has 2 heterocycles. The van der Waals surface area contributed by atoms with Crippen LogP contribution >= 0.6 is 0 Å². The van der Waals surface area contributed by atoms with Gasteiger partial charge >= 0.3 is 6.03 Å². The van der Waals surface area contributed by atoms with E-state index in [9.17, 15) is 4.79 Å². The molecule has 0 aliphatic heterocycles. The smallest absolute Gasteiger partial charge is 0.307 e. The molecular formula is C28H31N9O. The number of fused-ring (bicyclic) bond motifs is 1. The quantitative estimate of drug-likeness (QED) is 0.250. The number of carbonyl (C=O) groups excluding carboxylic acids is 1. The number of rotatable bonds is 8. The molecule has 38 heavy (non-hydrogen) atoms. The van der Waals surface area contributed by atoms with E-state index in [1.807, 2.05) is 36.4 Å². The molecule has 2 aromatic heterocycles. The fourth-order valence-corrected chi connectivity index (χ4v) is 4.63. The lowest BCUT2D eigenvalue weighted by atomic mass is 9.95. The van der Waals surface area contributed by atoms with E-state index < -0.39 is 0 Å². The lowest BCUT2D eigenvalue weighted by Crippen LogP contribution is -2.39. The average Bonchev–Trinajstić information content (AvgIpc) is 3.55. The van der Waals surface area contributed by atoms with Gasteiger partial charge in [-0.25, -0.2) is 14.8 Å². The number of tetrazole rings is 1. The average molecular weight is 510 g/mol. The second kappa shape index (κ2) is 10.8. The van der Waals surface area contributed by atoms with Crippen LogP contribution in [0.3, 0.4) is 0 Å². The van der Waals surface area contributed by atoms with Crippen LogP contribution in [0.25, 0.3) is 39.2 Å². The molecule has 0 aliphatic carbocycles. The molecule has 194 valence electrons. The number of amides is 2. The number of nitrogens with zero attached hydrogens (tertiary/aromatic N) is 6. The van der Waals surface area contributed by atoms with Crippen LogP contribution in [-0.2, 0) is 6.42 Å². The summed E-state index contributed by atoms with van der Waals surface area (Å²) in [5.41, 5.74) is 10.4. The Balaban J connectivity index is 1.58. The summed E-state index contributed by atoms with van der Waals surface area (Å²) in [5, 5.41) is 19.1. The van der Waals surface area contributed by atoms with Gasteiger partial charge in [-0.1, -0.05) is 43.7 Å². The van der Waals surface area contributed by atoms with Gasteiger partial charge in [0.05, 0.1) is 11.0 Å². The van der Waals surface area contributed by atoms with Gasteiger partial charge in [0, 0.05) is 37.5 Å². The molecule has 3 aromatic carbocycles. The maximum absolute atomic E-state index is 12.3. The normalized spacial score (nSPS) is 11.3. The van der Waals surface area contributed by atoms with E-state index in [4.69, 9.17) is 4.98 Å². The summed E-state index contributed by atoms with van der Waals surface area (Å²) in [6.45, 7) is 4.29. The number of aromatic amines is 1. The van der Waals surface area contributed by atoms with Gasteiger partial charge in [0.15, 0.2) is 0 Å². The first-order valence-electron chi connectivity index (χ1n) is 12.6. The van der Waals surface area contributed by atoms with Crippen molar-refractivity contribution in [1.29, 1.82) is 0 Å². The van der Waals surface area contributed by atoms with E-state index in [2.05, 4.69) is 74.0 Å². The number of nitrogens with one attached hydrogen (secondary N) is 3. The predicted molar refractivity (Wildman–Crippen MR) is 149 cm³/mol. The summed E-state index contributed by atoms with van der Waals surface area (Å²) in [6.07, 6.45) is 2.97. The zero-order valence-corrected chi connectivity index (χ0v) is 22.0. The number of urea groups is 1. The highest BCUT2D eigenvalue weighted by Crippen LogP contribution is 2.34. The van der Waals surface area contributed by atoms with Crippen molar-refractivity contribution in [3.05, 3.63) is 72.1 Å². The molecule has 0 saturated heterocycles. The van der Waals surface area contributed by atoms with E-state index in [0.717, 1.165) is 64.1 Å². The Bertz CT molecular complexity index is 1570. The Morgan fingerprint density at radius 2 is 1.84 bits per heavy atom. The SMILES string of the molecule is CCCCc1nc2ccc(NC(=O)NN(C)C)cc2n1-c1ccc(-c2ccccc2-c2nn[nH]n2)c(C)c1. The van der Waals surface area contributed by atoms with Gasteiger partial charge in [0.25, 0.3) is 0 Å². The van der Waals surface area contributed by atoms with Crippen molar-refractivity contribution in [2.24, 2.45) is 0 Å². The van der Waals surface area contributed by atoms with E-state index in [0.29, 0.717) is 11.5 Å². The van der Waals surface area contributed by atoms with Crippen LogP contribution in [0.2, 0.25) is 0 Å². The van der Waals surface area contributed by atoms with Crippen LogP contribution in [0.5, 0.6) is 0 Å². The Morgan fingerprint density at radius 1 is 1.03 bits per heavy atom. The van der Waals surface area contributed by atoms with Gasteiger partial charge in [-0.3, -0.25) is 9.99 Å². The number of imidazole rings is 1. The van der Waals surface area contributed by atoms with Gasteiger partial charge in [0.1, 0.15) is 5.82 Å². The monoisotopic (exact) mass is 509 g/mol. The minimum Gasteiger partial charge on any atom is -0.307 e. The predicted octanol–water partition coefficient (Wildman–Crippen LogP) is 5.12. The molecular weight excluding hydrogens is 478 g/mol. The number of benzene rings is 3. The lowest BCUT2D eigenvalue weighted by molar-refractivity contribution is 0.224. The summed E-state index contributed by atoms with van der Waals surface area (Å²) in [6, 6.07) is 20.0. The second-order valence-electron chi connectivity index (χ2n) is 9.41. The number of unbranched alkanes of at least 4 members (excludes halogenated alkanes) is 1. The van der Waals surface area contributed by atoms with Gasteiger partial charge in [-0.2, -0.15) is 5.21 Å². The van der Waals surface area contributed by atoms with Crippen LogP contribution in [-0.4, -0.2) is 55.3 Å². The molecule has 0 atom stereocenters. The summed E-state index contributed by atoms with van der Waals surface area (Å²) in [7, 11) is 3.54. The summed E-state index contributed by atoms with van der Waals surface area (Å²) >= 11 is 0. The first-order valence-corrected chi connectivity index (χ1v) is 12.6. The maximum Gasteiger partial charge on any atom is 0.333 e. The molecule has 0 radical (unpaired) electrons. The highest BCUT2D eigenvalue weighted by Gasteiger charge is 2.17. The number of aromatic nitrogens is 6. The van der Waals surface area contributed by atoms with Crippen molar-refractivity contribution in [3.8, 4) is 28.2 Å². The molecule has 10 nitrogen and oxygen atoms in total. The van der Waals surface area contributed by atoms with Crippen molar-refractivity contribution >= 4 is 22.8 Å². The van der Waals surface area contributed by atoms with Crippen molar-refractivity contribution in [3.63, 3.8) is 0 Å². The fourth-order valence-electron chi connectivity index (χ4n) is 4.63. The molecule has 2 amide bonds. The van der Waals surface area contributed by atoms with Gasteiger partial charge in [0.2, 0.25) is 5.82 Å². The number of carbonyl (C=O) groups is 1. The number of hydrogen-bond donors (Lipinski definition) is 3. The molecule has 0 unspecified atom stereocenters.